The van der Waals surface area contributed by atoms with Crippen LogP contribution in [-0.2, 0) is 5.33 Å². The maximum absolute atomic E-state index is 5.95. The van der Waals surface area contributed by atoms with Gasteiger partial charge in [-0.1, -0.05) is 39.7 Å². The fraction of sp³-hybridized carbons (Fsp3) is 0.111. The average Bonchev–Trinajstić information content (AvgIpc) is 2.47. The van der Waals surface area contributed by atoms with Gasteiger partial charge in [0.15, 0.2) is 0 Å². The first-order valence-corrected chi connectivity index (χ1v) is 7.04. The quantitative estimate of drug-likeness (QED) is 0.474. The van der Waals surface area contributed by atoms with E-state index in [-0.39, 0.29) is 0 Å². The van der Waals surface area contributed by atoms with Crippen molar-refractivity contribution in [2.75, 3.05) is 0 Å². The van der Waals surface area contributed by atoms with Crippen LogP contribution in [-0.4, -0.2) is 0 Å². The zero-order chi connectivity index (χ0) is 9.42. The lowest BCUT2D eigenvalue weighted by Crippen LogP contribution is -1.82. The average molecular weight is 387 g/mol. The van der Waals surface area contributed by atoms with Crippen LogP contribution in [0.2, 0.25) is 4.34 Å². The van der Waals surface area contributed by atoms with Gasteiger partial charge < -0.3 is 0 Å². The predicted molar refractivity (Wildman–Crippen MR) is 72.2 cm³/mol. The molecule has 0 fully saturated rings. The number of fused-ring (bicyclic) bond motifs is 1. The second-order valence-corrected chi connectivity index (χ2v) is 5.96. The van der Waals surface area contributed by atoms with Crippen LogP contribution in [0.15, 0.2) is 18.2 Å². The van der Waals surface area contributed by atoms with Gasteiger partial charge in [0.2, 0.25) is 0 Å². The zero-order valence-electron chi connectivity index (χ0n) is 6.48. The number of benzene rings is 1. The highest BCUT2D eigenvalue weighted by atomic mass is 127. The Hall–Kier alpha value is 0.680. The van der Waals surface area contributed by atoms with Crippen LogP contribution in [0.5, 0.6) is 0 Å². The van der Waals surface area contributed by atoms with Crippen LogP contribution in [0, 0.1) is 3.57 Å². The van der Waals surface area contributed by atoms with Gasteiger partial charge in [0.05, 0.1) is 4.34 Å². The highest BCUT2D eigenvalue weighted by molar-refractivity contribution is 14.1. The normalized spacial score (nSPS) is 11.0. The van der Waals surface area contributed by atoms with Gasteiger partial charge in [-0.15, -0.1) is 11.3 Å². The minimum absolute atomic E-state index is 0.861. The number of alkyl halides is 1. The summed E-state index contributed by atoms with van der Waals surface area (Å²) in [4.78, 5) is 0. The van der Waals surface area contributed by atoms with Gasteiger partial charge in [0.25, 0.3) is 0 Å². The Morgan fingerprint density at radius 1 is 1.46 bits per heavy atom. The Kier molecular flexibility index (Phi) is 3.18. The first-order chi connectivity index (χ1) is 6.22. The summed E-state index contributed by atoms with van der Waals surface area (Å²) >= 11 is 13.4. The molecule has 0 radical (unpaired) electrons. The second kappa shape index (κ2) is 4.04. The third-order valence-electron chi connectivity index (χ3n) is 1.82. The molecule has 0 amide bonds. The Balaban J connectivity index is 2.78. The van der Waals surface area contributed by atoms with Crippen LogP contribution in [0.3, 0.4) is 0 Å². The lowest BCUT2D eigenvalue weighted by Gasteiger charge is -2.00. The van der Waals surface area contributed by atoms with E-state index in [2.05, 4.69) is 50.7 Å². The van der Waals surface area contributed by atoms with Crippen LogP contribution >= 0.6 is 61.5 Å². The standard InChI is InChI=1S/C9H5BrClIS/c10-4-6-2-1-5-3-7(11)13-9(5)8(6)12/h1-3H,4H2. The first kappa shape index (κ1) is 10.2. The molecule has 2 rings (SSSR count). The smallest absolute Gasteiger partial charge is 0.0941 e. The van der Waals surface area contributed by atoms with Gasteiger partial charge in [-0.25, -0.2) is 0 Å². The van der Waals surface area contributed by atoms with Gasteiger partial charge in [0, 0.05) is 13.6 Å². The van der Waals surface area contributed by atoms with Gasteiger partial charge >= 0.3 is 0 Å². The van der Waals surface area contributed by atoms with E-state index in [4.69, 9.17) is 11.6 Å². The van der Waals surface area contributed by atoms with Crippen LogP contribution < -0.4 is 0 Å². The highest BCUT2D eigenvalue weighted by Crippen LogP contribution is 2.34. The molecular formula is C9H5BrClIS. The summed E-state index contributed by atoms with van der Waals surface area (Å²) in [6.07, 6.45) is 0. The van der Waals surface area contributed by atoms with E-state index in [9.17, 15) is 0 Å². The molecule has 0 aliphatic carbocycles. The molecule has 0 bridgehead atoms. The number of hydrogen-bond donors (Lipinski definition) is 0. The molecule has 1 heterocycles. The van der Waals surface area contributed by atoms with Crippen LogP contribution in [0.4, 0.5) is 0 Å². The van der Waals surface area contributed by atoms with Crippen molar-refractivity contribution in [1.29, 1.82) is 0 Å². The Labute approximate surface area is 108 Å². The molecule has 0 nitrogen and oxygen atoms in total. The summed E-state index contributed by atoms with van der Waals surface area (Å²) in [5.74, 6) is 0. The van der Waals surface area contributed by atoms with E-state index in [1.165, 1.54) is 19.2 Å². The van der Waals surface area contributed by atoms with Crippen molar-refractivity contribution in [2.24, 2.45) is 0 Å². The summed E-state index contributed by atoms with van der Waals surface area (Å²) in [7, 11) is 0. The van der Waals surface area contributed by atoms with Crippen molar-refractivity contribution in [3.8, 4) is 0 Å². The van der Waals surface area contributed by atoms with E-state index in [0.29, 0.717) is 0 Å². The van der Waals surface area contributed by atoms with Gasteiger partial charge in [-0.05, 0) is 39.6 Å². The summed E-state index contributed by atoms with van der Waals surface area (Å²) in [5, 5.41) is 2.14. The van der Waals surface area contributed by atoms with Crippen LogP contribution in [0.1, 0.15) is 5.56 Å². The maximum Gasteiger partial charge on any atom is 0.0941 e. The monoisotopic (exact) mass is 386 g/mol. The molecule has 13 heavy (non-hydrogen) atoms. The van der Waals surface area contributed by atoms with Crippen molar-refractivity contribution < 1.29 is 0 Å². The molecule has 68 valence electrons. The summed E-state index contributed by atoms with van der Waals surface area (Å²) < 4.78 is 3.46. The molecule has 0 saturated heterocycles. The highest BCUT2D eigenvalue weighted by Gasteiger charge is 2.06. The van der Waals surface area contributed by atoms with Crippen molar-refractivity contribution >= 4 is 71.5 Å². The van der Waals surface area contributed by atoms with E-state index >= 15 is 0 Å². The molecule has 2 aromatic rings. The Morgan fingerprint density at radius 3 is 2.92 bits per heavy atom. The minimum Gasteiger partial charge on any atom is -0.122 e. The lowest BCUT2D eigenvalue weighted by molar-refractivity contribution is 1.44. The minimum atomic E-state index is 0.861. The van der Waals surface area contributed by atoms with Crippen LogP contribution in [0.25, 0.3) is 10.1 Å². The molecule has 0 aliphatic heterocycles. The SMILES string of the molecule is Clc1cc2ccc(CBr)c(I)c2s1. The molecule has 1 aromatic carbocycles. The summed E-state index contributed by atoms with van der Waals surface area (Å²) in [6, 6.07) is 6.28. The lowest BCUT2D eigenvalue weighted by atomic mass is 10.2. The van der Waals surface area contributed by atoms with Crippen molar-refractivity contribution in [3.63, 3.8) is 0 Å². The Bertz CT molecular complexity index is 452. The van der Waals surface area contributed by atoms with E-state index < -0.39 is 0 Å². The van der Waals surface area contributed by atoms with Gasteiger partial charge in [-0.3, -0.25) is 0 Å². The Morgan fingerprint density at radius 2 is 2.23 bits per heavy atom. The van der Waals surface area contributed by atoms with Gasteiger partial charge in [-0.2, -0.15) is 0 Å². The summed E-state index contributed by atoms with van der Waals surface area (Å²) in [6.45, 7) is 0. The van der Waals surface area contributed by atoms with E-state index in [1.54, 1.807) is 11.3 Å². The second-order valence-electron chi connectivity index (χ2n) is 2.64. The maximum atomic E-state index is 5.95. The first-order valence-electron chi connectivity index (χ1n) is 3.65. The molecular weight excluding hydrogens is 382 g/mol. The van der Waals surface area contributed by atoms with E-state index in [0.717, 1.165) is 9.67 Å². The number of rotatable bonds is 1. The molecule has 0 atom stereocenters. The third kappa shape index (κ3) is 1.89. The molecule has 4 heteroatoms. The number of thiophene rings is 1. The fourth-order valence-corrected chi connectivity index (χ4v) is 4.38. The van der Waals surface area contributed by atoms with Crippen molar-refractivity contribution in [2.45, 2.75) is 5.33 Å². The molecule has 0 aliphatic rings. The number of halogens is 3. The zero-order valence-corrected chi connectivity index (χ0v) is 11.8. The largest absolute Gasteiger partial charge is 0.122 e. The topological polar surface area (TPSA) is 0 Å². The molecule has 0 N–H and O–H groups in total. The fourth-order valence-electron chi connectivity index (χ4n) is 1.18. The molecule has 0 spiro atoms. The molecule has 0 unspecified atom stereocenters. The number of hydrogen-bond acceptors (Lipinski definition) is 1. The summed E-state index contributed by atoms with van der Waals surface area (Å²) in [5.41, 5.74) is 1.33. The predicted octanol–water partition coefficient (Wildman–Crippen LogP) is 5.05. The van der Waals surface area contributed by atoms with Gasteiger partial charge in [0.1, 0.15) is 0 Å². The van der Waals surface area contributed by atoms with E-state index in [1.807, 2.05) is 6.07 Å². The third-order valence-corrected chi connectivity index (χ3v) is 5.32. The molecule has 0 saturated carbocycles. The van der Waals surface area contributed by atoms with Crippen molar-refractivity contribution in [3.05, 3.63) is 31.7 Å². The van der Waals surface area contributed by atoms with Crippen molar-refractivity contribution in [1.82, 2.24) is 0 Å². The molecule has 1 aromatic heterocycles.